The van der Waals surface area contributed by atoms with Gasteiger partial charge in [-0.25, -0.2) is 0 Å². The van der Waals surface area contributed by atoms with E-state index in [2.05, 4.69) is 5.32 Å². The lowest BCUT2D eigenvalue weighted by Crippen LogP contribution is -2.56. The van der Waals surface area contributed by atoms with Crippen LogP contribution < -0.4 is 11.1 Å². The number of likely N-dealkylation sites (tertiary alicyclic amines) is 2. The van der Waals surface area contributed by atoms with Gasteiger partial charge >= 0.3 is 0 Å². The zero-order chi connectivity index (χ0) is 21.1. The number of carbonyl (C=O) groups excluding carboxylic acids is 3. The first-order valence-corrected chi connectivity index (χ1v) is 9.67. The highest BCUT2D eigenvalue weighted by atomic mass is 16.5. The second-order valence-corrected chi connectivity index (χ2v) is 7.14. The third-order valence-corrected chi connectivity index (χ3v) is 5.33. The molecule has 2 saturated heterocycles. The molecule has 0 bridgehead atoms. The number of rotatable bonds is 7. The molecule has 29 heavy (non-hydrogen) atoms. The van der Waals surface area contributed by atoms with Crippen LogP contribution in [0.5, 0.6) is 0 Å². The van der Waals surface area contributed by atoms with Crippen molar-refractivity contribution in [1.82, 2.24) is 15.1 Å². The van der Waals surface area contributed by atoms with Crippen LogP contribution in [-0.2, 0) is 19.1 Å². The van der Waals surface area contributed by atoms with Crippen molar-refractivity contribution in [2.45, 2.75) is 25.8 Å². The number of amides is 3. The molecule has 0 saturated carbocycles. The highest BCUT2D eigenvalue weighted by molar-refractivity contribution is 6.12. The minimum absolute atomic E-state index is 0.0439. The molecule has 0 radical (unpaired) electrons. The van der Waals surface area contributed by atoms with E-state index in [4.69, 9.17) is 21.3 Å². The second kappa shape index (κ2) is 8.56. The summed E-state index contributed by atoms with van der Waals surface area (Å²) in [7, 11) is 0. The lowest BCUT2D eigenvalue weighted by Gasteiger charge is -2.37. The van der Waals surface area contributed by atoms with E-state index in [-0.39, 0.29) is 56.1 Å². The first-order chi connectivity index (χ1) is 13.9. The summed E-state index contributed by atoms with van der Waals surface area (Å²) in [5.74, 6) is -2.52. The number of nitrogens with one attached hydrogen (secondary N) is 3. The summed E-state index contributed by atoms with van der Waals surface area (Å²) in [6.07, 6.45) is 5.26. The number of ether oxygens (including phenoxy) is 1. The fraction of sp³-hybridized carbons (Fsp3) is 0.526. The quantitative estimate of drug-likeness (QED) is 0.258. The third kappa shape index (κ3) is 3.93. The van der Waals surface area contributed by atoms with Crippen molar-refractivity contribution in [3.8, 4) is 0 Å². The van der Waals surface area contributed by atoms with Gasteiger partial charge in [-0.05, 0) is 19.0 Å². The number of hydrogen-bond acceptors (Lipinski definition) is 8. The van der Waals surface area contributed by atoms with E-state index in [0.29, 0.717) is 12.2 Å². The average molecular weight is 402 g/mol. The Labute approximate surface area is 168 Å². The van der Waals surface area contributed by atoms with Crippen LogP contribution in [0.15, 0.2) is 23.9 Å². The van der Waals surface area contributed by atoms with E-state index in [9.17, 15) is 14.4 Å². The molecule has 2 heterocycles. The van der Waals surface area contributed by atoms with Gasteiger partial charge < -0.3 is 15.8 Å². The molecular weight excluding hydrogens is 376 g/mol. The number of nitrogens with two attached hydrogens (primary N) is 1. The summed E-state index contributed by atoms with van der Waals surface area (Å²) in [5, 5.41) is 19.1. The van der Waals surface area contributed by atoms with Crippen LogP contribution in [-0.4, -0.2) is 71.5 Å². The van der Waals surface area contributed by atoms with Crippen molar-refractivity contribution in [2.75, 3.05) is 26.2 Å². The molecule has 2 aliphatic heterocycles. The zero-order valence-corrected chi connectivity index (χ0v) is 16.3. The first kappa shape index (κ1) is 20.7. The summed E-state index contributed by atoms with van der Waals surface area (Å²) in [4.78, 5) is 40.4. The number of allylic oxidation sites excluding steroid dienone is 2. The standard InChI is InChI=1S/C19H26N6O4/c1-2-23-10-14(21)29-9-8-24-15(26)7-6-13(17(24)22)25-18(27)11-4-3-5-12(20)16(11)19(25)28/h3-5,11,13,16,21-23H,2,6-10,20H2,1H3. The van der Waals surface area contributed by atoms with Gasteiger partial charge in [-0.1, -0.05) is 19.1 Å². The van der Waals surface area contributed by atoms with Gasteiger partial charge in [-0.2, -0.15) is 0 Å². The van der Waals surface area contributed by atoms with Crippen molar-refractivity contribution < 1.29 is 19.1 Å². The van der Waals surface area contributed by atoms with Crippen LogP contribution in [0.1, 0.15) is 19.8 Å². The molecule has 0 aromatic heterocycles. The fourth-order valence-corrected chi connectivity index (χ4v) is 3.85. The molecule has 5 N–H and O–H groups in total. The Morgan fingerprint density at radius 2 is 2.10 bits per heavy atom. The fourth-order valence-electron chi connectivity index (χ4n) is 3.85. The average Bonchev–Trinajstić information content (AvgIpc) is 2.95. The summed E-state index contributed by atoms with van der Waals surface area (Å²) in [5.41, 5.74) is 6.26. The normalized spacial score (nSPS) is 26.7. The SMILES string of the molecule is CCNCC(=N)OCCN1C(=N)C(N2C(=O)C3C=CC=C(N)C3C2=O)CCC1=O. The first-order valence-electron chi connectivity index (χ1n) is 9.67. The lowest BCUT2D eigenvalue weighted by molar-refractivity contribution is -0.143. The molecule has 0 aromatic rings. The van der Waals surface area contributed by atoms with Gasteiger partial charge in [0.1, 0.15) is 12.4 Å². The highest BCUT2D eigenvalue weighted by Crippen LogP contribution is 2.36. The van der Waals surface area contributed by atoms with Crippen molar-refractivity contribution in [2.24, 2.45) is 17.6 Å². The van der Waals surface area contributed by atoms with Gasteiger partial charge in [0.25, 0.3) is 0 Å². The molecule has 10 heteroatoms. The van der Waals surface area contributed by atoms with Gasteiger partial charge in [0.15, 0.2) is 5.90 Å². The number of amidine groups is 1. The molecule has 3 aliphatic rings. The smallest absolute Gasteiger partial charge is 0.240 e. The molecule has 10 nitrogen and oxygen atoms in total. The molecule has 3 amide bonds. The summed E-state index contributed by atoms with van der Waals surface area (Å²) < 4.78 is 5.29. The van der Waals surface area contributed by atoms with Crippen LogP contribution in [0.3, 0.4) is 0 Å². The molecule has 3 atom stereocenters. The van der Waals surface area contributed by atoms with E-state index in [1.807, 2.05) is 6.92 Å². The zero-order valence-electron chi connectivity index (χ0n) is 16.3. The Kier molecular flexibility index (Phi) is 6.12. The number of likely N-dealkylation sites (N-methyl/N-ethyl adjacent to an activating group) is 1. The van der Waals surface area contributed by atoms with E-state index in [1.165, 1.54) is 4.90 Å². The summed E-state index contributed by atoms with van der Waals surface area (Å²) in [6.45, 7) is 3.03. The molecule has 0 aromatic carbocycles. The Bertz CT molecular complexity index is 805. The number of hydrogen-bond donors (Lipinski definition) is 4. The van der Waals surface area contributed by atoms with Crippen LogP contribution in [0, 0.1) is 22.7 Å². The monoisotopic (exact) mass is 402 g/mol. The van der Waals surface area contributed by atoms with Crippen LogP contribution >= 0.6 is 0 Å². The van der Waals surface area contributed by atoms with Crippen LogP contribution in [0.25, 0.3) is 0 Å². The molecule has 1 aliphatic carbocycles. The maximum Gasteiger partial charge on any atom is 0.240 e. The minimum Gasteiger partial charge on any atom is -0.478 e. The van der Waals surface area contributed by atoms with Gasteiger partial charge in [0.2, 0.25) is 17.7 Å². The van der Waals surface area contributed by atoms with E-state index < -0.39 is 23.8 Å². The molecule has 2 fully saturated rings. The highest BCUT2D eigenvalue weighted by Gasteiger charge is 2.52. The predicted molar refractivity (Wildman–Crippen MR) is 105 cm³/mol. The number of piperidine rings is 1. The van der Waals surface area contributed by atoms with Gasteiger partial charge in [0, 0.05) is 12.1 Å². The Morgan fingerprint density at radius 1 is 1.34 bits per heavy atom. The number of fused-ring (bicyclic) bond motifs is 1. The van der Waals surface area contributed by atoms with Gasteiger partial charge in [-0.15, -0.1) is 0 Å². The van der Waals surface area contributed by atoms with Crippen molar-refractivity contribution >= 4 is 29.5 Å². The Balaban J connectivity index is 1.67. The maximum absolute atomic E-state index is 12.9. The largest absolute Gasteiger partial charge is 0.478 e. The predicted octanol–water partition coefficient (Wildman–Crippen LogP) is -0.428. The number of nitrogens with zero attached hydrogens (tertiary/aromatic N) is 2. The summed E-state index contributed by atoms with van der Waals surface area (Å²) in [6, 6.07) is -0.805. The molecule has 156 valence electrons. The molecule has 3 rings (SSSR count). The Morgan fingerprint density at radius 3 is 2.79 bits per heavy atom. The lowest BCUT2D eigenvalue weighted by atomic mass is 9.88. The minimum atomic E-state index is -0.805. The molecular formula is C19H26N6O4. The van der Waals surface area contributed by atoms with E-state index in [1.54, 1.807) is 18.2 Å². The van der Waals surface area contributed by atoms with Gasteiger partial charge in [0.05, 0.1) is 31.0 Å². The summed E-state index contributed by atoms with van der Waals surface area (Å²) >= 11 is 0. The van der Waals surface area contributed by atoms with E-state index in [0.717, 1.165) is 4.90 Å². The molecule has 0 spiro atoms. The van der Waals surface area contributed by atoms with Crippen molar-refractivity contribution in [3.05, 3.63) is 23.9 Å². The third-order valence-electron chi connectivity index (χ3n) is 5.33. The van der Waals surface area contributed by atoms with Crippen molar-refractivity contribution in [3.63, 3.8) is 0 Å². The second-order valence-electron chi connectivity index (χ2n) is 7.14. The molecule has 3 unspecified atom stereocenters. The van der Waals surface area contributed by atoms with E-state index >= 15 is 0 Å². The van der Waals surface area contributed by atoms with Crippen LogP contribution in [0.4, 0.5) is 0 Å². The van der Waals surface area contributed by atoms with Crippen LogP contribution in [0.2, 0.25) is 0 Å². The number of imide groups is 1. The maximum atomic E-state index is 12.9. The number of carbonyl (C=O) groups is 3. The van der Waals surface area contributed by atoms with Crippen molar-refractivity contribution in [1.29, 1.82) is 10.8 Å². The van der Waals surface area contributed by atoms with Gasteiger partial charge in [-0.3, -0.25) is 35.0 Å². The topological polar surface area (TPSA) is 153 Å². The Hall–Kier alpha value is -3.01.